The van der Waals surface area contributed by atoms with E-state index in [4.69, 9.17) is 0 Å². The van der Waals surface area contributed by atoms with Crippen molar-refractivity contribution in [2.45, 2.75) is 25.2 Å². The summed E-state index contributed by atoms with van der Waals surface area (Å²) >= 11 is 0. The Hall–Kier alpha value is -1.83. The minimum atomic E-state index is 0.0440. The molecule has 1 N–H and O–H groups in total. The Bertz CT molecular complexity index is 457. The highest BCUT2D eigenvalue weighted by Crippen LogP contribution is 2.34. The van der Waals surface area contributed by atoms with Crippen LogP contribution in [0, 0.1) is 0 Å². The van der Waals surface area contributed by atoms with E-state index in [2.05, 4.69) is 6.58 Å². The molecule has 1 aliphatic rings. The maximum atomic E-state index is 11.9. The first-order valence-corrected chi connectivity index (χ1v) is 5.82. The average Bonchev–Trinajstić information content (AvgIpc) is 2.35. The zero-order chi connectivity index (χ0) is 12.3. The summed E-state index contributed by atoms with van der Waals surface area (Å²) in [5.41, 5.74) is 1.65. The van der Waals surface area contributed by atoms with Crippen LogP contribution in [0.3, 0.4) is 0 Å². The maximum absolute atomic E-state index is 11.9. The van der Waals surface area contributed by atoms with E-state index in [-0.39, 0.29) is 17.5 Å². The minimum Gasteiger partial charge on any atom is -0.512 e. The Kier molecular flexibility index (Phi) is 3.43. The van der Waals surface area contributed by atoms with E-state index in [1.807, 2.05) is 30.3 Å². The number of hydrogen-bond donors (Lipinski definition) is 1. The maximum Gasteiger partial charge on any atom is 0.163 e. The molecule has 0 radical (unpaired) electrons. The van der Waals surface area contributed by atoms with Gasteiger partial charge in [0.15, 0.2) is 5.78 Å². The van der Waals surface area contributed by atoms with Gasteiger partial charge in [-0.15, -0.1) is 6.58 Å². The lowest BCUT2D eigenvalue weighted by atomic mass is 9.82. The highest BCUT2D eigenvalue weighted by molar-refractivity contribution is 5.97. The zero-order valence-corrected chi connectivity index (χ0v) is 9.73. The van der Waals surface area contributed by atoms with Crippen LogP contribution in [0.4, 0.5) is 0 Å². The molecule has 2 heteroatoms. The van der Waals surface area contributed by atoms with Gasteiger partial charge in [-0.1, -0.05) is 36.4 Å². The van der Waals surface area contributed by atoms with E-state index in [1.54, 1.807) is 6.08 Å². The van der Waals surface area contributed by atoms with Crippen molar-refractivity contribution in [1.82, 2.24) is 0 Å². The molecule has 2 rings (SSSR count). The Labute approximate surface area is 101 Å². The fourth-order valence-corrected chi connectivity index (χ4v) is 2.27. The summed E-state index contributed by atoms with van der Waals surface area (Å²) in [7, 11) is 0. The Morgan fingerprint density at radius 1 is 1.29 bits per heavy atom. The second-order valence-electron chi connectivity index (χ2n) is 4.36. The summed E-state index contributed by atoms with van der Waals surface area (Å²) < 4.78 is 0. The third-order valence-electron chi connectivity index (χ3n) is 3.18. The fraction of sp³-hybridized carbons (Fsp3) is 0.267. The van der Waals surface area contributed by atoms with Crippen molar-refractivity contribution in [3.05, 3.63) is 59.9 Å². The molecule has 2 nitrogen and oxygen atoms in total. The first-order valence-electron chi connectivity index (χ1n) is 5.82. The molecule has 0 heterocycles. The highest BCUT2D eigenvalue weighted by Gasteiger charge is 2.27. The molecule has 0 fully saturated rings. The molecule has 88 valence electrons. The van der Waals surface area contributed by atoms with Crippen LogP contribution >= 0.6 is 0 Å². The largest absolute Gasteiger partial charge is 0.512 e. The van der Waals surface area contributed by atoms with E-state index in [1.165, 1.54) is 0 Å². The summed E-state index contributed by atoms with van der Waals surface area (Å²) in [4.78, 5) is 11.9. The van der Waals surface area contributed by atoms with E-state index in [0.29, 0.717) is 24.8 Å². The summed E-state index contributed by atoms with van der Waals surface area (Å²) in [5.74, 6) is 0.384. The van der Waals surface area contributed by atoms with Crippen molar-refractivity contribution in [2.24, 2.45) is 0 Å². The van der Waals surface area contributed by atoms with E-state index in [0.717, 1.165) is 5.56 Å². The lowest BCUT2D eigenvalue weighted by Crippen LogP contribution is -2.18. The monoisotopic (exact) mass is 228 g/mol. The summed E-state index contributed by atoms with van der Waals surface area (Å²) in [6.07, 6.45) is 3.16. The lowest BCUT2D eigenvalue weighted by Gasteiger charge is -2.23. The van der Waals surface area contributed by atoms with Crippen molar-refractivity contribution >= 4 is 5.78 Å². The number of rotatable bonds is 3. The van der Waals surface area contributed by atoms with Gasteiger partial charge in [-0.2, -0.15) is 0 Å². The fourth-order valence-electron chi connectivity index (χ4n) is 2.27. The molecule has 0 saturated heterocycles. The van der Waals surface area contributed by atoms with Gasteiger partial charge < -0.3 is 5.11 Å². The van der Waals surface area contributed by atoms with E-state index >= 15 is 0 Å². The number of aliphatic hydroxyl groups excluding tert-OH is 1. The molecule has 0 aromatic heterocycles. The Morgan fingerprint density at radius 2 is 2.00 bits per heavy atom. The predicted molar refractivity (Wildman–Crippen MR) is 67.9 cm³/mol. The van der Waals surface area contributed by atoms with Crippen LogP contribution in [0.25, 0.3) is 0 Å². The van der Waals surface area contributed by atoms with Gasteiger partial charge in [0.1, 0.15) is 0 Å². The van der Waals surface area contributed by atoms with Crippen molar-refractivity contribution in [2.75, 3.05) is 0 Å². The number of Topliss-reactive ketones (excluding diaryl/α,β-unsaturated/α-hetero) is 1. The third kappa shape index (κ3) is 2.47. The molecule has 1 aromatic rings. The molecule has 0 bridgehead atoms. The number of ketones is 1. The standard InChI is InChI=1S/C15H16O2/c1-2-6-13-14(16)9-12(10-15(13)17)11-7-4-3-5-8-11/h2-5,7-8,12,16H,1,6,9-10H2. The summed E-state index contributed by atoms with van der Waals surface area (Å²) in [6, 6.07) is 9.88. The third-order valence-corrected chi connectivity index (χ3v) is 3.18. The average molecular weight is 228 g/mol. The quantitative estimate of drug-likeness (QED) is 0.804. The van der Waals surface area contributed by atoms with Crippen LogP contribution in [0.1, 0.15) is 30.7 Å². The van der Waals surface area contributed by atoms with Gasteiger partial charge in [0.2, 0.25) is 0 Å². The van der Waals surface area contributed by atoms with Gasteiger partial charge >= 0.3 is 0 Å². The SMILES string of the molecule is C=CCC1=C(O)CC(c2ccccc2)CC1=O. The van der Waals surface area contributed by atoms with Crippen LogP contribution in [0.15, 0.2) is 54.3 Å². The molecule has 1 unspecified atom stereocenters. The number of benzene rings is 1. The minimum absolute atomic E-state index is 0.0440. The van der Waals surface area contributed by atoms with Gasteiger partial charge in [-0.3, -0.25) is 4.79 Å². The summed E-state index contributed by atoms with van der Waals surface area (Å²) in [6.45, 7) is 3.60. The molecule has 0 aliphatic heterocycles. The van der Waals surface area contributed by atoms with Crippen LogP contribution in [0.2, 0.25) is 0 Å². The van der Waals surface area contributed by atoms with Gasteiger partial charge in [-0.05, 0) is 17.9 Å². The molecule has 0 amide bonds. The Balaban J connectivity index is 2.23. The predicted octanol–water partition coefficient (Wildman–Crippen LogP) is 3.52. The van der Waals surface area contributed by atoms with Crippen LogP contribution in [0.5, 0.6) is 0 Å². The number of aliphatic hydroxyl groups is 1. The summed E-state index contributed by atoms with van der Waals surface area (Å²) in [5, 5.41) is 9.91. The Morgan fingerprint density at radius 3 is 2.59 bits per heavy atom. The number of carbonyl (C=O) groups excluding carboxylic acids is 1. The molecular formula is C15H16O2. The van der Waals surface area contributed by atoms with Crippen molar-refractivity contribution in [1.29, 1.82) is 0 Å². The first-order chi connectivity index (χ1) is 8.22. The highest BCUT2D eigenvalue weighted by atomic mass is 16.3. The number of hydrogen-bond acceptors (Lipinski definition) is 2. The van der Waals surface area contributed by atoms with Crippen molar-refractivity contribution in [3.63, 3.8) is 0 Å². The van der Waals surface area contributed by atoms with Crippen molar-refractivity contribution < 1.29 is 9.90 Å². The molecule has 1 atom stereocenters. The van der Waals surface area contributed by atoms with Gasteiger partial charge in [0, 0.05) is 18.4 Å². The van der Waals surface area contributed by atoms with Crippen molar-refractivity contribution in [3.8, 4) is 0 Å². The number of allylic oxidation sites excluding steroid dienone is 3. The first kappa shape index (κ1) is 11.6. The number of carbonyl (C=O) groups is 1. The molecule has 1 aliphatic carbocycles. The molecule has 0 saturated carbocycles. The van der Waals surface area contributed by atoms with Crippen LogP contribution in [-0.4, -0.2) is 10.9 Å². The molecule has 0 spiro atoms. The van der Waals surface area contributed by atoms with Crippen LogP contribution in [-0.2, 0) is 4.79 Å². The smallest absolute Gasteiger partial charge is 0.163 e. The molecular weight excluding hydrogens is 212 g/mol. The second kappa shape index (κ2) is 5.00. The zero-order valence-electron chi connectivity index (χ0n) is 9.73. The molecule has 17 heavy (non-hydrogen) atoms. The van der Waals surface area contributed by atoms with Gasteiger partial charge in [-0.25, -0.2) is 0 Å². The van der Waals surface area contributed by atoms with E-state index in [9.17, 15) is 9.90 Å². The normalized spacial score (nSPS) is 20.5. The molecule has 1 aromatic carbocycles. The van der Waals surface area contributed by atoms with Gasteiger partial charge in [0.25, 0.3) is 0 Å². The van der Waals surface area contributed by atoms with E-state index < -0.39 is 0 Å². The van der Waals surface area contributed by atoms with Gasteiger partial charge in [0.05, 0.1) is 5.76 Å². The van der Waals surface area contributed by atoms with Crippen LogP contribution < -0.4 is 0 Å². The lowest BCUT2D eigenvalue weighted by molar-refractivity contribution is -0.116. The topological polar surface area (TPSA) is 37.3 Å². The second-order valence-corrected chi connectivity index (χ2v) is 4.36.